The predicted octanol–water partition coefficient (Wildman–Crippen LogP) is 4.09. The Balaban J connectivity index is 1.56. The van der Waals surface area contributed by atoms with Crippen LogP contribution in [0.15, 0.2) is 96.5 Å². The van der Waals surface area contributed by atoms with Gasteiger partial charge in [0.05, 0.1) is 11.9 Å². The molecule has 0 saturated carbocycles. The summed E-state index contributed by atoms with van der Waals surface area (Å²) < 4.78 is 1.78. The molecule has 2 heterocycles. The van der Waals surface area contributed by atoms with Gasteiger partial charge in [0.1, 0.15) is 5.69 Å². The molecular formula is C22H18N6O. The average Bonchev–Trinajstić information content (AvgIpc) is 3.20. The SMILES string of the molecule is O=C(N/N=C\c1cn(-c2ccccc2)nc1-c1ccncc1)Nc1ccccc1. The maximum absolute atomic E-state index is 12.0. The molecule has 7 nitrogen and oxygen atoms in total. The lowest BCUT2D eigenvalue weighted by atomic mass is 10.1. The number of benzene rings is 2. The van der Waals surface area contributed by atoms with Gasteiger partial charge in [-0.1, -0.05) is 36.4 Å². The van der Waals surface area contributed by atoms with Crippen molar-refractivity contribution in [3.05, 3.63) is 97.0 Å². The molecular weight excluding hydrogens is 364 g/mol. The third-order valence-corrected chi connectivity index (χ3v) is 4.12. The molecule has 2 amide bonds. The third kappa shape index (κ3) is 4.54. The van der Waals surface area contributed by atoms with Crippen molar-refractivity contribution in [1.29, 1.82) is 0 Å². The van der Waals surface area contributed by atoms with E-state index >= 15 is 0 Å². The van der Waals surface area contributed by atoms with Crippen LogP contribution in [0.2, 0.25) is 0 Å². The first-order valence-corrected chi connectivity index (χ1v) is 9.00. The Kier molecular flexibility index (Phi) is 5.39. The Morgan fingerprint density at radius 3 is 2.34 bits per heavy atom. The van der Waals surface area contributed by atoms with Crippen LogP contribution in [-0.2, 0) is 0 Å². The minimum absolute atomic E-state index is 0.423. The van der Waals surface area contributed by atoms with E-state index in [9.17, 15) is 4.79 Å². The molecule has 0 fully saturated rings. The summed E-state index contributed by atoms with van der Waals surface area (Å²) in [6.45, 7) is 0. The van der Waals surface area contributed by atoms with Gasteiger partial charge in [-0.25, -0.2) is 14.9 Å². The van der Waals surface area contributed by atoms with Crippen molar-refractivity contribution in [3.8, 4) is 16.9 Å². The summed E-state index contributed by atoms with van der Waals surface area (Å²) in [5, 5.41) is 11.5. The standard InChI is InChI=1S/C22H18N6O/c29-22(25-19-7-3-1-4-8-19)26-24-15-18-16-28(20-9-5-2-6-10-20)27-21(18)17-11-13-23-14-12-17/h1-16H,(H2,25,26,29)/b24-15-. The Morgan fingerprint density at radius 1 is 0.931 bits per heavy atom. The van der Waals surface area contributed by atoms with E-state index < -0.39 is 6.03 Å². The fourth-order valence-corrected chi connectivity index (χ4v) is 2.77. The maximum Gasteiger partial charge on any atom is 0.339 e. The first-order chi connectivity index (χ1) is 14.3. The monoisotopic (exact) mass is 382 g/mol. The first kappa shape index (κ1) is 18.1. The number of rotatable bonds is 5. The maximum atomic E-state index is 12.0. The molecule has 7 heteroatoms. The first-order valence-electron chi connectivity index (χ1n) is 9.00. The van der Waals surface area contributed by atoms with Gasteiger partial charge in [0.25, 0.3) is 0 Å². The molecule has 142 valence electrons. The van der Waals surface area contributed by atoms with Gasteiger partial charge in [-0.05, 0) is 36.4 Å². The fourth-order valence-electron chi connectivity index (χ4n) is 2.77. The van der Waals surface area contributed by atoms with E-state index in [1.54, 1.807) is 35.4 Å². The van der Waals surface area contributed by atoms with E-state index in [4.69, 9.17) is 0 Å². The van der Waals surface area contributed by atoms with Crippen molar-refractivity contribution in [3.63, 3.8) is 0 Å². The molecule has 0 aliphatic carbocycles. The summed E-state index contributed by atoms with van der Waals surface area (Å²) in [5.74, 6) is 0. The van der Waals surface area contributed by atoms with Gasteiger partial charge in [0.2, 0.25) is 0 Å². The zero-order valence-corrected chi connectivity index (χ0v) is 15.4. The van der Waals surface area contributed by atoms with Crippen molar-refractivity contribution in [2.24, 2.45) is 5.10 Å². The summed E-state index contributed by atoms with van der Waals surface area (Å²) >= 11 is 0. The molecule has 2 N–H and O–H groups in total. The van der Waals surface area contributed by atoms with E-state index in [0.29, 0.717) is 5.69 Å². The molecule has 4 rings (SSSR count). The van der Waals surface area contributed by atoms with Gasteiger partial charge in [0, 0.05) is 35.4 Å². The Bertz CT molecular complexity index is 1110. The van der Waals surface area contributed by atoms with Crippen molar-refractivity contribution in [2.45, 2.75) is 0 Å². The summed E-state index contributed by atoms with van der Waals surface area (Å²) in [5.41, 5.74) is 6.51. The summed E-state index contributed by atoms with van der Waals surface area (Å²) in [6.07, 6.45) is 6.87. The number of urea groups is 1. The summed E-state index contributed by atoms with van der Waals surface area (Å²) in [4.78, 5) is 16.1. The molecule has 0 bridgehead atoms. The Hall–Kier alpha value is -4.26. The lowest BCUT2D eigenvalue weighted by molar-refractivity contribution is 0.252. The molecule has 0 radical (unpaired) electrons. The number of carbonyl (C=O) groups is 1. The number of carbonyl (C=O) groups excluding carboxylic acids is 1. The number of anilines is 1. The minimum Gasteiger partial charge on any atom is -0.307 e. The number of amides is 2. The van der Waals surface area contributed by atoms with Crippen LogP contribution >= 0.6 is 0 Å². The van der Waals surface area contributed by atoms with Crippen LogP contribution in [0.5, 0.6) is 0 Å². The second kappa shape index (κ2) is 8.62. The van der Waals surface area contributed by atoms with Crippen LogP contribution in [0.25, 0.3) is 16.9 Å². The lowest BCUT2D eigenvalue weighted by Gasteiger charge is -2.03. The highest BCUT2D eigenvalue weighted by molar-refractivity contribution is 5.92. The zero-order valence-electron chi connectivity index (χ0n) is 15.4. The number of hydrazone groups is 1. The molecule has 0 atom stereocenters. The van der Waals surface area contributed by atoms with Gasteiger partial charge < -0.3 is 5.32 Å². The van der Waals surface area contributed by atoms with E-state index in [-0.39, 0.29) is 0 Å². The second-order valence-electron chi connectivity index (χ2n) is 6.14. The van der Waals surface area contributed by atoms with Crippen molar-refractivity contribution >= 4 is 17.9 Å². The molecule has 0 aliphatic rings. The normalized spacial score (nSPS) is 10.8. The average molecular weight is 382 g/mol. The van der Waals surface area contributed by atoms with Crippen LogP contribution in [0.3, 0.4) is 0 Å². The number of pyridine rings is 1. The minimum atomic E-state index is -0.423. The predicted molar refractivity (Wildman–Crippen MR) is 113 cm³/mol. The van der Waals surface area contributed by atoms with E-state index in [2.05, 4.69) is 25.9 Å². The molecule has 4 aromatic rings. The number of nitrogens with one attached hydrogen (secondary N) is 2. The highest BCUT2D eigenvalue weighted by Crippen LogP contribution is 2.22. The molecule has 0 aliphatic heterocycles. The highest BCUT2D eigenvalue weighted by atomic mass is 16.2. The van der Waals surface area contributed by atoms with Crippen LogP contribution in [-0.4, -0.2) is 27.0 Å². The van der Waals surface area contributed by atoms with Crippen molar-refractivity contribution in [2.75, 3.05) is 5.32 Å². The van der Waals surface area contributed by atoms with E-state index in [1.807, 2.05) is 66.9 Å². The quantitative estimate of drug-likeness (QED) is 0.403. The fraction of sp³-hybridized carbons (Fsp3) is 0. The number of para-hydroxylation sites is 2. The Labute approximate surface area is 167 Å². The molecule has 2 aromatic heterocycles. The third-order valence-electron chi connectivity index (χ3n) is 4.12. The van der Waals surface area contributed by atoms with Crippen molar-refractivity contribution in [1.82, 2.24) is 20.2 Å². The van der Waals surface area contributed by atoms with Crippen LogP contribution < -0.4 is 10.7 Å². The number of nitrogens with zero attached hydrogens (tertiary/aromatic N) is 4. The van der Waals surface area contributed by atoms with Gasteiger partial charge in [-0.15, -0.1) is 0 Å². The van der Waals surface area contributed by atoms with E-state index in [1.165, 1.54) is 0 Å². The van der Waals surface area contributed by atoms with Crippen LogP contribution in [0.4, 0.5) is 10.5 Å². The van der Waals surface area contributed by atoms with Gasteiger partial charge in [-0.3, -0.25) is 4.98 Å². The molecule has 0 spiro atoms. The lowest BCUT2D eigenvalue weighted by Crippen LogP contribution is -2.24. The Morgan fingerprint density at radius 2 is 1.62 bits per heavy atom. The second-order valence-corrected chi connectivity index (χ2v) is 6.14. The van der Waals surface area contributed by atoms with E-state index in [0.717, 1.165) is 22.5 Å². The van der Waals surface area contributed by atoms with Crippen molar-refractivity contribution < 1.29 is 4.79 Å². The number of hydrogen-bond acceptors (Lipinski definition) is 4. The summed E-state index contributed by atoms with van der Waals surface area (Å²) in [6, 6.07) is 22.3. The number of hydrogen-bond donors (Lipinski definition) is 2. The van der Waals surface area contributed by atoms with Gasteiger partial charge in [-0.2, -0.15) is 10.2 Å². The molecule has 29 heavy (non-hydrogen) atoms. The zero-order chi connectivity index (χ0) is 19.9. The molecule has 0 saturated heterocycles. The van der Waals surface area contributed by atoms with Crippen LogP contribution in [0.1, 0.15) is 5.56 Å². The van der Waals surface area contributed by atoms with Gasteiger partial charge >= 0.3 is 6.03 Å². The molecule has 2 aromatic carbocycles. The van der Waals surface area contributed by atoms with Crippen LogP contribution in [0, 0.1) is 0 Å². The summed E-state index contributed by atoms with van der Waals surface area (Å²) in [7, 11) is 0. The largest absolute Gasteiger partial charge is 0.339 e. The van der Waals surface area contributed by atoms with Gasteiger partial charge in [0.15, 0.2) is 0 Å². The molecule has 0 unspecified atom stereocenters. The highest BCUT2D eigenvalue weighted by Gasteiger charge is 2.11. The number of aromatic nitrogens is 3. The smallest absolute Gasteiger partial charge is 0.307 e. The topological polar surface area (TPSA) is 84.2 Å².